The summed E-state index contributed by atoms with van der Waals surface area (Å²) in [6, 6.07) is 16.7. The molecule has 0 aliphatic heterocycles. The summed E-state index contributed by atoms with van der Waals surface area (Å²) in [4.78, 5) is 0. The van der Waals surface area contributed by atoms with Gasteiger partial charge in [-0.25, -0.2) is 0 Å². The van der Waals surface area contributed by atoms with E-state index in [0.717, 1.165) is 18.6 Å². The summed E-state index contributed by atoms with van der Waals surface area (Å²) in [6.45, 7) is 0. The maximum Gasteiger partial charge on any atom is 0.118 e. The SMILES string of the molecule is COc1ccc(CCC(Cl)c2csc3ccccc23)cc1. The number of rotatable bonds is 5. The van der Waals surface area contributed by atoms with Crippen molar-refractivity contribution in [2.75, 3.05) is 7.11 Å². The van der Waals surface area contributed by atoms with Gasteiger partial charge in [0.05, 0.1) is 12.5 Å². The van der Waals surface area contributed by atoms with Crippen LogP contribution in [0.5, 0.6) is 5.75 Å². The summed E-state index contributed by atoms with van der Waals surface area (Å²) in [5.41, 5.74) is 2.55. The second-order valence-electron chi connectivity index (χ2n) is 5.04. The molecule has 3 rings (SSSR count). The number of aryl methyl sites for hydroxylation is 1. The van der Waals surface area contributed by atoms with Crippen LogP contribution in [0.3, 0.4) is 0 Å². The molecule has 1 aromatic heterocycles. The zero-order valence-corrected chi connectivity index (χ0v) is 13.5. The molecule has 0 N–H and O–H groups in total. The Morgan fingerprint density at radius 3 is 2.62 bits per heavy atom. The third-order valence-corrected chi connectivity index (χ3v) is 5.13. The molecule has 1 atom stereocenters. The van der Waals surface area contributed by atoms with Crippen LogP contribution in [0, 0.1) is 0 Å². The van der Waals surface area contributed by atoms with Crippen LogP contribution >= 0.6 is 22.9 Å². The van der Waals surface area contributed by atoms with E-state index in [-0.39, 0.29) is 5.38 Å². The van der Waals surface area contributed by atoms with E-state index >= 15 is 0 Å². The number of fused-ring (bicyclic) bond motifs is 1. The van der Waals surface area contributed by atoms with E-state index in [1.165, 1.54) is 21.2 Å². The fourth-order valence-corrected chi connectivity index (χ4v) is 3.86. The van der Waals surface area contributed by atoms with Gasteiger partial charge >= 0.3 is 0 Å². The lowest BCUT2D eigenvalue weighted by Crippen LogP contribution is -1.93. The van der Waals surface area contributed by atoms with Crippen LogP contribution in [0.4, 0.5) is 0 Å². The number of halogens is 1. The first-order valence-corrected chi connectivity index (χ1v) is 8.32. The Morgan fingerprint density at radius 2 is 1.86 bits per heavy atom. The number of benzene rings is 2. The molecule has 3 aromatic rings. The molecule has 1 nitrogen and oxygen atoms in total. The van der Waals surface area contributed by atoms with Crippen molar-refractivity contribution in [3.8, 4) is 5.75 Å². The van der Waals surface area contributed by atoms with Gasteiger partial charge in [-0.05, 0) is 52.9 Å². The van der Waals surface area contributed by atoms with Crippen LogP contribution in [-0.4, -0.2) is 7.11 Å². The monoisotopic (exact) mass is 316 g/mol. The van der Waals surface area contributed by atoms with Gasteiger partial charge < -0.3 is 4.74 Å². The Bertz CT molecular complexity index is 717. The van der Waals surface area contributed by atoms with E-state index in [9.17, 15) is 0 Å². The smallest absolute Gasteiger partial charge is 0.118 e. The largest absolute Gasteiger partial charge is 0.497 e. The molecule has 3 heteroatoms. The maximum absolute atomic E-state index is 6.62. The van der Waals surface area contributed by atoms with Crippen LogP contribution in [0.2, 0.25) is 0 Å². The van der Waals surface area contributed by atoms with Gasteiger partial charge in [-0.15, -0.1) is 22.9 Å². The predicted molar refractivity (Wildman–Crippen MR) is 91.7 cm³/mol. The van der Waals surface area contributed by atoms with Crippen molar-refractivity contribution >= 4 is 33.0 Å². The van der Waals surface area contributed by atoms with E-state index in [0.29, 0.717) is 0 Å². The normalized spacial score (nSPS) is 12.5. The highest BCUT2D eigenvalue weighted by molar-refractivity contribution is 7.17. The van der Waals surface area contributed by atoms with E-state index in [4.69, 9.17) is 16.3 Å². The zero-order valence-electron chi connectivity index (χ0n) is 11.9. The zero-order chi connectivity index (χ0) is 14.7. The van der Waals surface area contributed by atoms with Crippen molar-refractivity contribution in [2.24, 2.45) is 0 Å². The molecule has 0 radical (unpaired) electrons. The first-order chi connectivity index (χ1) is 10.3. The number of hydrogen-bond acceptors (Lipinski definition) is 2. The lowest BCUT2D eigenvalue weighted by atomic mass is 10.0. The van der Waals surface area contributed by atoms with Crippen molar-refractivity contribution in [3.63, 3.8) is 0 Å². The number of alkyl halides is 1. The maximum atomic E-state index is 6.62. The van der Waals surface area contributed by atoms with E-state index < -0.39 is 0 Å². The predicted octanol–water partition coefficient (Wildman–Crippen LogP) is 5.82. The van der Waals surface area contributed by atoms with Crippen LogP contribution in [0.1, 0.15) is 22.9 Å². The fraction of sp³-hybridized carbons (Fsp3) is 0.222. The molecular weight excluding hydrogens is 300 g/mol. The highest BCUT2D eigenvalue weighted by Gasteiger charge is 2.13. The summed E-state index contributed by atoms with van der Waals surface area (Å²) >= 11 is 8.38. The highest BCUT2D eigenvalue weighted by Crippen LogP contribution is 2.35. The third-order valence-electron chi connectivity index (χ3n) is 3.69. The minimum Gasteiger partial charge on any atom is -0.497 e. The van der Waals surface area contributed by atoms with Crippen LogP contribution in [0.15, 0.2) is 53.9 Å². The molecule has 0 fully saturated rings. The minimum absolute atomic E-state index is 0.0586. The summed E-state index contributed by atoms with van der Waals surface area (Å²) < 4.78 is 6.49. The van der Waals surface area contributed by atoms with Crippen molar-refractivity contribution < 1.29 is 4.74 Å². The van der Waals surface area contributed by atoms with Gasteiger partial charge in [-0.2, -0.15) is 0 Å². The lowest BCUT2D eigenvalue weighted by Gasteiger charge is -2.09. The van der Waals surface area contributed by atoms with E-state index in [1.54, 1.807) is 18.4 Å². The second-order valence-corrected chi connectivity index (χ2v) is 6.48. The third kappa shape index (κ3) is 3.22. The molecule has 21 heavy (non-hydrogen) atoms. The van der Waals surface area contributed by atoms with Crippen LogP contribution in [0.25, 0.3) is 10.1 Å². The van der Waals surface area contributed by atoms with Gasteiger partial charge in [0.15, 0.2) is 0 Å². The van der Waals surface area contributed by atoms with Gasteiger partial charge in [0.1, 0.15) is 5.75 Å². The number of thiophene rings is 1. The van der Waals surface area contributed by atoms with Crippen molar-refractivity contribution in [1.82, 2.24) is 0 Å². The Morgan fingerprint density at radius 1 is 1.10 bits per heavy atom. The lowest BCUT2D eigenvalue weighted by molar-refractivity contribution is 0.414. The molecule has 0 aliphatic carbocycles. The van der Waals surface area contributed by atoms with Crippen LogP contribution < -0.4 is 4.74 Å². The molecule has 0 saturated carbocycles. The molecule has 0 saturated heterocycles. The molecule has 2 aromatic carbocycles. The molecule has 0 amide bonds. The summed E-state index contributed by atoms with van der Waals surface area (Å²) in [6.07, 6.45) is 1.91. The molecule has 0 aliphatic rings. The molecule has 0 spiro atoms. The molecule has 108 valence electrons. The number of methoxy groups -OCH3 is 1. The van der Waals surface area contributed by atoms with E-state index in [1.807, 2.05) is 12.1 Å². The standard InChI is InChI=1S/C18H17ClOS/c1-20-14-9-6-13(7-10-14)8-11-17(19)16-12-21-18-5-3-2-4-15(16)18/h2-7,9-10,12,17H,8,11H2,1H3. The van der Waals surface area contributed by atoms with Gasteiger partial charge in [0, 0.05) is 4.70 Å². The van der Waals surface area contributed by atoms with Crippen molar-refractivity contribution in [2.45, 2.75) is 18.2 Å². The summed E-state index contributed by atoms with van der Waals surface area (Å²) in [7, 11) is 1.69. The molecular formula is C18H17ClOS. The van der Waals surface area contributed by atoms with Gasteiger partial charge in [-0.1, -0.05) is 30.3 Å². The second kappa shape index (κ2) is 6.50. The van der Waals surface area contributed by atoms with E-state index in [2.05, 4.69) is 41.8 Å². The quantitative estimate of drug-likeness (QED) is 0.539. The Kier molecular flexibility index (Phi) is 4.47. The summed E-state index contributed by atoms with van der Waals surface area (Å²) in [5, 5.41) is 3.54. The molecule has 1 unspecified atom stereocenters. The average Bonchev–Trinajstić information content (AvgIpc) is 2.97. The fourth-order valence-electron chi connectivity index (χ4n) is 2.48. The molecule has 0 bridgehead atoms. The number of hydrogen-bond donors (Lipinski definition) is 0. The number of ether oxygens (including phenoxy) is 1. The Balaban J connectivity index is 1.69. The van der Waals surface area contributed by atoms with Gasteiger partial charge in [0.25, 0.3) is 0 Å². The highest BCUT2D eigenvalue weighted by atomic mass is 35.5. The Hall–Kier alpha value is -1.51. The first kappa shape index (κ1) is 14.4. The minimum atomic E-state index is 0.0586. The Labute approximate surface area is 134 Å². The summed E-state index contributed by atoms with van der Waals surface area (Å²) in [5.74, 6) is 0.894. The average molecular weight is 317 g/mol. The van der Waals surface area contributed by atoms with Gasteiger partial charge in [-0.3, -0.25) is 0 Å². The van der Waals surface area contributed by atoms with Crippen molar-refractivity contribution in [3.05, 3.63) is 65.0 Å². The first-order valence-electron chi connectivity index (χ1n) is 7.01. The molecule has 1 heterocycles. The topological polar surface area (TPSA) is 9.23 Å². The van der Waals surface area contributed by atoms with Gasteiger partial charge in [0.2, 0.25) is 0 Å². The van der Waals surface area contributed by atoms with Crippen molar-refractivity contribution in [1.29, 1.82) is 0 Å². The van der Waals surface area contributed by atoms with Crippen LogP contribution in [-0.2, 0) is 6.42 Å².